The highest BCUT2D eigenvalue weighted by molar-refractivity contribution is 14.1. The Hall–Kier alpha value is 0.650. The lowest BCUT2D eigenvalue weighted by Crippen LogP contribution is -2.47. The molecular formula is C8H15IN2. The van der Waals surface area contributed by atoms with E-state index in [1.54, 1.807) is 0 Å². The predicted octanol–water partition coefficient (Wildman–Crippen LogP) is 1.51. The summed E-state index contributed by atoms with van der Waals surface area (Å²) in [6.07, 6.45) is 2.85. The van der Waals surface area contributed by atoms with Gasteiger partial charge in [-0.3, -0.25) is 4.90 Å². The molecule has 1 aliphatic heterocycles. The Kier molecular flexibility index (Phi) is 2.14. The highest BCUT2D eigenvalue weighted by atomic mass is 127. The summed E-state index contributed by atoms with van der Waals surface area (Å²) in [6.45, 7) is 7.45. The molecule has 64 valence electrons. The average molecular weight is 266 g/mol. The fourth-order valence-electron chi connectivity index (χ4n) is 1.72. The molecular weight excluding hydrogens is 251 g/mol. The van der Waals surface area contributed by atoms with Crippen molar-refractivity contribution in [2.24, 2.45) is 0 Å². The van der Waals surface area contributed by atoms with E-state index < -0.39 is 0 Å². The van der Waals surface area contributed by atoms with Crippen LogP contribution in [-0.2, 0) is 0 Å². The molecule has 1 heterocycles. The van der Waals surface area contributed by atoms with Crippen molar-refractivity contribution >= 4 is 22.9 Å². The summed E-state index contributed by atoms with van der Waals surface area (Å²) >= 11 is 2.42. The Labute approximate surface area is 82.4 Å². The first-order valence-electron chi connectivity index (χ1n) is 4.36. The van der Waals surface area contributed by atoms with Gasteiger partial charge in [0.05, 0.1) is 0 Å². The molecule has 3 heteroatoms. The Morgan fingerprint density at radius 2 is 1.64 bits per heavy atom. The van der Waals surface area contributed by atoms with Crippen molar-refractivity contribution in [2.45, 2.75) is 25.3 Å². The summed E-state index contributed by atoms with van der Waals surface area (Å²) in [7, 11) is 0. The Balaban J connectivity index is 1.87. The molecule has 1 saturated heterocycles. The van der Waals surface area contributed by atoms with Crippen LogP contribution in [0.25, 0.3) is 0 Å². The minimum absolute atomic E-state index is 0.609. The molecule has 0 aromatic carbocycles. The Morgan fingerprint density at radius 3 is 2.09 bits per heavy atom. The van der Waals surface area contributed by atoms with Crippen LogP contribution >= 0.6 is 22.9 Å². The summed E-state index contributed by atoms with van der Waals surface area (Å²) in [4.78, 5) is 2.65. The number of nitrogens with zero attached hydrogens (tertiary/aromatic N) is 2. The van der Waals surface area contributed by atoms with Crippen LogP contribution in [-0.4, -0.2) is 39.7 Å². The Bertz CT molecular complexity index is 148. The molecule has 0 N–H and O–H groups in total. The van der Waals surface area contributed by atoms with E-state index in [4.69, 9.17) is 0 Å². The van der Waals surface area contributed by atoms with Gasteiger partial charge in [-0.05, 0) is 19.8 Å². The van der Waals surface area contributed by atoms with Crippen LogP contribution in [0.5, 0.6) is 0 Å². The van der Waals surface area contributed by atoms with Gasteiger partial charge in [0.15, 0.2) is 0 Å². The molecule has 0 atom stereocenters. The molecule has 1 saturated carbocycles. The van der Waals surface area contributed by atoms with Gasteiger partial charge >= 0.3 is 0 Å². The van der Waals surface area contributed by atoms with E-state index in [-0.39, 0.29) is 0 Å². The second-order valence-electron chi connectivity index (χ2n) is 3.89. The summed E-state index contributed by atoms with van der Waals surface area (Å²) in [5.41, 5.74) is 0.609. The Morgan fingerprint density at radius 1 is 1.09 bits per heavy atom. The van der Waals surface area contributed by atoms with Crippen LogP contribution in [0.2, 0.25) is 0 Å². The van der Waals surface area contributed by atoms with E-state index >= 15 is 0 Å². The number of piperazine rings is 1. The van der Waals surface area contributed by atoms with E-state index in [9.17, 15) is 0 Å². The topological polar surface area (TPSA) is 6.48 Å². The zero-order chi connectivity index (χ0) is 7.90. The second kappa shape index (κ2) is 2.85. The number of rotatable bonds is 1. The van der Waals surface area contributed by atoms with Gasteiger partial charge in [-0.15, -0.1) is 0 Å². The van der Waals surface area contributed by atoms with Crippen molar-refractivity contribution in [2.75, 3.05) is 26.2 Å². The van der Waals surface area contributed by atoms with Gasteiger partial charge in [-0.25, -0.2) is 3.11 Å². The highest BCUT2D eigenvalue weighted by Gasteiger charge is 2.43. The lowest BCUT2D eigenvalue weighted by molar-refractivity contribution is 0.143. The van der Waals surface area contributed by atoms with Gasteiger partial charge in [-0.1, -0.05) is 0 Å². The maximum atomic E-state index is 2.65. The first-order chi connectivity index (χ1) is 5.21. The monoisotopic (exact) mass is 266 g/mol. The van der Waals surface area contributed by atoms with E-state index in [0.717, 1.165) is 0 Å². The molecule has 0 unspecified atom stereocenters. The van der Waals surface area contributed by atoms with Crippen molar-refractivity contribution in [3.8, 4) is 0 Å². The third-order valence-electron chi connectivity index (χ3n) is 2.96. The van der Waals surface area contributed by atoms with Crippen molar-refractivity contribution in [3.05, 3.63) is 0 Å². The summed E-state index contributed by atoms with van der Waals surface area (Å²) in [6, 6.07) is 0. The fraction of sp³-hybridized carbons (Fsp3) is 1.00. The number of halogens is 1. The first-order valence-corrected chi connectivity index (χ1v) is 5.33. The van der Waals surface area contributed by atoms with Gasteiger partial charge in [0.1, 0.15) is 0 Å². The molecule has 0 aromatic rings. The molecule has 11 heavy (non-hydrogen) atoms. The lowest BCUT2D eigenvalue weighted by atomic mass is 10.2. The lowest BCUT2D eigenvalue weighted by Gasteiger charge is -2.35. The van der Waals surface area contributed by atoms with Crippen LogP contribution in [0.15, 0.2) is 0 Å². The zero-order valence-corrected chi connectivity index (χ0v) is 9.17. The molecule has 0 spiro atoms. The van der Waals surface area contributed by atoms with Crippen LogP contribution in [0.3, 0.4) is 0 Å². The van der Waals surface area contributed by atoms with E-state index in [0.29, 0.717) is 5.54 Å². The number of hydrogen-bond acceptors (Lipinski definition) is 2. The molecule has 0 radical (unpaired) electrons. The smallest absolute Gasteiger partial charge is 0.0210 e. The second-order valence-corrected chi connectivity index (χ2v) is 5.26. The van der Waals surface area contributed by atoms with Crippen LogP contribution in [0.1, 0.15) is 19.8 Å². The molecule has 1 aliphatic carbocycles. The zero-order valence-electron chi connectivity index (χ0n) is 7.02. The van der Waals surface area contributed by atoms with Gasteiger partial charge in [0.2, 0.25) is 0 Å². The van der Waals surface area contributed by atoms with Crippen molar-refractivity contribution < 1.29 is 0 Å². The minimum atomic E-state index is 0.609. The summed E-state index contributed by atoms with van der Waals surface area (Å²) in [5, 5.41) is 0. The van der Waals surface area contributed by atoms with Crippen molar-refractivity contribution in [1.29, 1.82) is 0 Å². The maximum Gasteiger partial charge on any atom is 0.0210 e. The number of hydrogen-bond donors (Lipinski definition) is 0. The summed E-state index contributed by atoms with van der Waals surface area (Å²) < 4.78 is 2.39. The van der Waals surface area contributed by atoms with Gasteiger partial charge in [0, 0.05) is 54.6 Å². The molecule has 0 aromatic heterocycles. The van der Waals surface area contributed by atoms with Crippen molar-refractivity contribution in [1.82, 2.24) is 8.01 Å². The predicted molar refractivity (Wildman–Crippen MR) is 54.8 cm³/mol. The largest absolute Gasteiger partial charge is 0.295 e. The van der Waals surface area contributed by atoms with E-state index in [2.05, 4.69) is 37.8 Å². The van der Waals surface area contributed by atoms with Gasteiger partial charge in [-0.2, -0.15) is 0 Å². The highest BCUT2D eigenvalue weighted by Crippen LogP contribution is 2.41. The standard InChI is InChI=1S/C8H15IN2/c1-8(2-3-8)10-4-6-11(9)7-5-10/h2-7H2,1H3. The van der Waals surface area contributed by atoms with Crippen LogP contribution < -0.4 is 0 Å². The first kappa shape index (κ1) is 8.26. The maximum absolute atomic E-state index is 2.65. The molecule has 2 aliphatic rings. The van der Waals surface area contributed by atoms with E-state index in [1.165, 1.54) is 39.0 Å². The quantitative estimate of drug-likeness (QED) is 0.524. The van der Waals surface area contributed by atoms with Crippen LogP contribution in [0, 0.1) is 0 Å². The molecule has 2 nitrogen and oxygen atoms in total. The third-order valence-corrected chi connectivity index (χ3v) is 3.93. The van der Waals surface area contributed by atoms with Crippen LogP contribution in [0.4, 0.5) is 0 Å². The molecule has 0 amide bonds. The normalized spacial score (nSPS) is 32.2. The van der Waals surface area contributed by atoms with Gasteiger partial charge < -0.3 is 0 Å². The minimum Gasteiger partial charge on any atom is -0.295 e. The third kappa shape index (κ3) is 1.70. The fourth-order valence-corrected chi connectivity index (χ4v) is 2.15. The SMILES string of the molecule is CC1(N2CCN(I)CC2)CC1. The molecule has 2 rings (SSSR count). The molecule has 0 bridgehead atoms. The van der Waals surface area contributed by atoms with Gasteiger partial charge in [0.25, 0.3) is 0 Å². The molecule has 2 fully saturated rings. The summed E-state index contributed by atoms with van der Waals surface area (Å²) in [5.74, 6) is 0. The van der Waals surface area contributed by atoms with E-state index in [1.807, 2.05) is 0 Å². The van der Waals surface area contributed by atoms with Crippen molar-refractivity contribution in [3.63, 3.8) is 0 Å². The average Bonchev–Trinajstić information content (AvgIpc) is 2.70.